The quantitative estimate of drug-likeness (QED) is 0.629. The number of imidazole rings is 1. The molecule has 0 fully saturated rings. The van der Waals surface area contributed by atoms with Gasteiger partial charge in [0.25, 0.3) is 5.91 Å². The number of sulfonamides is 1. The van der Waals surface area contributed by atoms with Gasteiger partial charge in [-0.3, -0.25) is 4.79 Å². The third-order valence-corrected chi connectivity index (χ3v) is 5.13. The Morgan fingerprint density at radius 1 is 1.24 bits per heavy atom. The van der Waals surface area contributed by atoms with E-state index in [1.807, 2.05) is 17.7 Å². The summed E-state index contributed by atoms with van der Waals surface area (Å²) < 4.78 is 28.9. The standard InChI is InChI=1S/C17H24N4O3S/c1-2-3-9-20-25(23,24)16-7-4-6-15(13-16)17(22)19-8-5-11-21-12-10-18-14-21/h4,6-7,10,12-14,20H,2-3,5,8-9,11H2,1H3,(H,19,22). The van der Waals surface area contributed by atoms with Crippen LogP contribution >= 0.6 is 0 Å². The Morgan fingerprint density at radius 2 is 2.08 bits per heavy atom. The van der Waals surface area contributed by atoms with Crippen molar-refractivity contribution in [3.8, 4) is 0 Å². The lowest BCUT2D eigenvalue weighted by molar-refractivity contribution is 0.0952. The molecule has 1 aromatic carbocycles. The smallest absolute Gasteiger partial charge is 0.251 e. The molecular formula is C17H24N4O3S. The molecule has 7 nitrogen and oxygen atoms in total. The average Bonchev–Trinajstić information content (AvgIpc) is 3.12. The maximum absolute atomic E-state index is 12.2. The molecule has 0 radical (unpaired) electrons. The molecule has 0 atom stereocenters. The zero-order valence-corrected chi connectivity index (χ0v) is 15.1. The van der Waals surface area contributed by atoms with Crippen LogP contribution in [0.4, 0.5) is 0 Å². The van der Waals surface area contributed by atoms with E-state index < -0.39 is 10.0 Å². The maximum atomic E-state index is 12.2. The average molecular weight is 364 g/mol. The molecular weight excluding hydrogens is 340 g/mol. The van der Waals surface area contributed by atoms with E-state index >= 15 is 0 Å². The summed E-state index contributed by atoms with van der Waals surface area (Å²) in [7, 11) is -3.58. The number of nitrogens with one attached hydrogen (secondary N) is 2. The summed E-state index contributed by atoms with van der Waals surface area (Å²) >= 11 is 0. The highest BCUT2D eigenvalue weighted by Crippen LogP contribution is 2.11. The van der Waals surface area contributed by atoms with Crippen molar-refractivity contribution in [3.05, 3.63) is 48.5 Å². The van der Waals surface area contributed by atoms with Crippen LogP contribution in [0.3, 0.4) is 0 Å². The van der Waals surface area contributed by atoms with Crippen molar-refractivity contribution >= 4 is 15.9 Å². The van der Waals surface area contributed by atoms with Crippen molar-refractivity contribution in [2.45, 2.75) is 37.6 Å². The Labute approximate surface area is 148 Å². The normalized spacial score (nSPS) is 11.4. The van der Waals surface area contributed by atoms with E-state index in [-0.39, 0.29) is 10.8 Å². The minimum absolute atomic E-state index is 0.106. The largest absolute Gasteiger partial charge is 0.352 e. The number of amides is 1. The van der Waals surface area contributed by atoms with Crippen LogP contribution in [0, 0.1) is 0 Å². The first-order valence-electron chi connectivity index (χ1n) is 8.36. The summed E-state index contributed by atoms with van der Waals surface area (Å²) in [6.45, 7) is 3.65. The Bertz CT molecular complexity index is 773. The number of carbonyl (C=O) groups excluding carboxylic acids is 1. The summed E-state index contributed by atoms with van der Waals surface area (Å²) in [6.07, 6.45) is 7.74. The Morgan fingerprint density at radius 3 is 2.80 bits per heavy atom. The van der Waals surface area contributed by atoms with Crippen molar-refractivity contribution in [1.82, 2.24) is 19.6 Å². The number of hydrogen-bond acceptors (Lipinski definition) is 4. The minimum atomic E-state index is -3.58. The fourth-order valence-corrected chi connectivity index (χ4v) is 3.38. The Hall–Kier alpha value is -2.19. The van der Waals surface area contributed by atoms with E-state index in [9.17, 15) is 13.2 Å². The van der Waals surface area contributed by atoms with Crippen molar-refractivity contribution in [2.24, 2.45) is 0 Å². The molecule has 0 unspecified atom stereocenters. The van der Waals surface area contributed by atoms with Gasteiger partial charge in [0, 0.05) is 37.6 Å². The van der Waals surface area contributed by atoms with Crippen LogP contribution in [0.1, 0.15) is 36.5 Å². The molecule has 1 amide bonds. The van der Waals surface area contributed by atoms with Crippen LogP contribution in [-0.4, -0.2) is 37.0 Å². The van der Waals surface area contributed by atoms with Gasteiger partial charge in [-0.1, -0.05) is 19.4 Å². The van der Waals surface area contributed by atoms with Crippen LogP contribution in [-0.2, 0) is 16.6 Å². The summed E-state index contributed by atoms with van der Waals surface area (Å²) in [5.74, 6) is -0.281. The van der Waals surface area contributed by atoms with Gasteiger partial charge in [-0.25, -0.2) is 18.1 Å². The molecule has 2 N–H and O–H groups in total. The predicted molar refractivity (Wildman–Crippen MR) is 95.7 cm³/mol. The fourth-order valence-electron chi connectivity index (χ4n) is 2.26. The van der Waals surface area contributed by atoms with Crippen molar-refractivity contribution in [2.75, 3.05) is 13.1 Å². The van der Waals surface area contributed by atoms with Crippen molar-refractivity contribution < 1.29 is 13.2 Å². The van der Waals surface area contributed by atoms with Gasteiger partial charge in [-0.15, -0.1) is 0 Å². The van der Waals surface area contributed by atoms with Crippen molar-refractivity contribution in [1.29, 1.82) is 0 Å². The van der Waals surface area contributed by atoms with Gasteiger partial charge >= 0.3 is 0 Å². The van der Waals surface area contributed by atoms with Crippen LogP contribution in [0.25, 0.3) is 0 Å². The molecule has 25 heavy (non-hydrogen) atoms. The van der Waals surface area contributed by atoms with Crippen LogP contribution < -0.4 is 10.0 Å². The number of rotatable bonds is 10. The Kier molecular flexibility index (Phi) is 7.15. The molecule has 0 aliphatic rings. The molecule has 0 aliphatic heterocycles. The van der Waals surface area contributed by atoms with Crippen molar-refractivity contribution in [3.63, 3.8) is 0 Å². The highest BCUT2D eigenvalue weighted by molar-refractivity contribution is 7.89. The molecule has 0 spiro atoms. The van der Waals surface area contributed by atoms with E-state index in [1.165, 1.54) is 12.1 Å². The third kappa shape index (κ3) is 5.99. The minimum Gasteiger partial charge on any atom is -0.352 e. The number of nitrogens with zero attached hydrogens (tertiary/aromatic N) is 2. The van der Waals surface area contributed by atoms with E-state index in [0.717, 1.165) is 25.8 Å². The van der Waals surface area contributed by atoms with Gasteiger partial charge in [0.05, 0.1) is 11.2 Å². The number of benzene rings is 1. The fraction of sp³-hybridized carbons (Fsp3) is 0.412. The van der Waals surface area contributed by atoms with Crippen LogP contribution in [0.5, 0.6) is 0 Å². The highest BCUT2D eigenvalue weighted by Gasteiger charge is 2.15. The van der Waals surface area contributed by atoms with Gasteiger partial charge in [0.15, 0.2) is 0 Å². The highest BCUT2D eigenvalue weighted by atomic mass is 32.2. The lowest BCUT2D eigenvalue weighted by Gasteiger charge is -2.09. The van der Waals surface area contributed by atoms with Gasteiger partial charge in [0.2, 0.25) is 10.0 Å². The van der Waals surface area contributed by atoms with E-state index in [4.69, 9.17) is 0 Å². The van der Waals surface area contributed by atoms with Gasteiger partial charge in [-0.2, -0.15) is 0 Å². The number of hydrogen-bond donors (Lipinski definition) is 2. The molecule has 0 saturated heterocycles. The SMILES string of the molecule is CCCCNS(=O)(=O)c1cccc(C(=O)NCCCn2ccnc2)c1. The van der Waals surface area contributed by atoms with Gasteiger partial charge in [0.1, 0.15) is 0 Å². The van der Waals surface area contributed by atoms with Crippen LogP contribution in [0.2, 0.25) is 0 Å². The molecule has 0 bridgehead atoms. The second-order valence-corrected chi connectivity index (χ2v) is 7.46. The maximum Gasteiger partial charge on any atom is 0.251 e. The van der Waals surface area contributed by atoms with Gasteiger partial charge in [-0.05, 0) is 31.0 Å². The molecule has 136 valence electrons. The van der Waals surface area contributed by atoms with Crippen LogP contribution in [0.15, 0.2) is 47.9 Å². The lowest BCUT2D eigenvalue weighted by Crippen LogP contribution is -2.27. The second-order valence-electron chi connectivity index (χ2n) is 5.69. The number of carbonyl (C=O) groups is 1. The zero-order chi connectivity index (χ0) is 18.1. The summed E-state index contributed by atoms with van der Waals surface area (Å²) in [5.41, 5.74) is 0.334. The predicted octanol–water partition coefficient (Wildman–Crippen LogP) is 1.78. The monoisotopic (exact) mass is 364 g/mol. The summed E-state index contributed by atoms with van der Waals surface area (Å²) in [4.78, 5) is 16.3. The first kappa shape index (κ1) is 19.1. The molecule has 2 aromatic rings. The zero-order valence-electron chi connectivity index (χ0n) is 14.3. The van der Waals surface area contributed by atoms with Gasteiger partial charge < -0.3 is 9.88 Å². The summed E-state index contributed by atoms with van der Waals surface area (Å²) in [6, 6.07) is 6.08. The second kappa shape index (κ2) is 9.33. The molecule has 8 heteroatoms. The topological polar surface area (TPSA) is 93.1 Å². The number of unbranched alkanes of at least 4 members (excludes halogenated alkanes) is 1. The first-order chi connectivity index (χ1) is 12.0. The molecule has 0 saturated carbocycles. The van der Waals surface area contributed by atoms with E-state index in [0.29, 0.717) is 18.7 Å². The number of aryl methyl sites for hydroxylation is 1. The van der Waals surface area contributed by atoms with E-state index in [2.05, 4.69) is 15.0 Å². The first-order valence-corrected chi connectivity index (χ1v) is 9.85. The van der Waals surface area contributed by atoms with E-state index in [1.54, 1.807) is 24.7 Å². The number of aromatic nitrogens is 2. The third-order valence-electron chi connectivity index (χ3n) is 3.67. The lowest BCUT2D eigenvalue weighted by atomic mass is 10.2. The molecule has 2 rings (SSSR count). The summed E-state index contributed by atoms with van der Waals surface area (Å²) in [5, 5.41) is 2.80. The Balaban J connectivity index is 1.89. The molecule has 1 heterocycles. The molecule has 0 aliphatic carbocycles. The molecule has 1 aromatic heterocycles.